The van der Waals surface area contributed by atoms with Gasteiger partial charge < -0.3 is 19.3 Å². The van der Waals surface area contributed by atoms with Gasteiger partial charge in [-0.2, -0.15) is 5.10 Å². The number of methoxy groups -OCH3 is 1. The Kier molecular flexibility index (Phi) is 8.78. The third-order valence-electron chi connectivity index (χ3n) is 5.82. The Morgan fingerprint density at radius 1 is 0.974 bits per heavy atom. The number of hydrazone groups is 1. The van der Waals surface area contributed by atoms with E-state index in [0.717, 1.165) is 16.3 Å². The van der Waals surface area contributed by atoms with Crippen LogP contribution in [0.2, 0.25) is 0 Å². The van der Waals surface area contributed by atoms with E-state index in [2.05, 4.69) is 10.5 Å². The lowest BCUT2D eigenvalue weighted by Gasteiger charge is -2.12. The predicted octanol–water partition coefficient (Wildman–Crippen LogP) is 5.71. The van der Waals surface area contributed by atoms with Crippen LogP contribution in [0.1, 0.15) is 45.7 Å². The number of amides is 1. The highest BCUT2D eigenvalue weighted by Crippen LogP contribution is 2.25. The highest BCUT2D eigenvalue weighted by Gasteiger charge is 2.12. The summed E-state index contributed by atoms with van der Waals surface area (Å²) >= 11 is 0. The molecular weight excluding hydrogens is 496 g/mol. The number of hydrogen-bond acceptors (Lipinski definition) is 7. The van der Waals surface area contributed by atoms with Gasteiger partial charge in [0.1, 0.15) is 23.9 Å². The van der Waals surface area contributed by atoms with Gasteiger partial charge in [0, 0.05) is 5.56 Å². The van der Waals surface area contributed by atoms with E-state index in [9.17, 15) is 14.7 Å². The largest absolute Gasteiger partial charge is 0.507 e. The molecule has 0 heterocycles. The van der Waals surface area contributed by atoms with Gasteiger partial charge in [-0.15, -0.1) is 0 Å². The summed E-state index contributed by atoms with van der Waals surface area (Å²) in [6, 6.07) is 22.8. The highest BCUT2D eigenvalue weighted by molar-refractivity contribution is 6.01. The second-order valence-electron chi connectivity index (χ2n) is 9.29. The number of rotatable bonds is 10. The average Bonchev–Trinajstić information content (AvgIpc) is 2.94. The zero-order valence-corrected chi connectivity index (χ0v) is 22.0. The molecule has 0 radical (unpaired) electrons. The van der Waals surface area contributed by atoms with Crippen molar-refractivity contribution in [3.8, 4) is 17.2 Å². The average molecular weight is 527 g/mol. The van der Waals surface area contributed by atoms with E-state index in [1.54, 1.807) is 55.6 Å². The van der Waals surface area contributed by atoms with Gasteiger partial charge in [-0.3, -0.25) is 4.79 Å². The SMILES string of the molecule is COc1ccc(/C=N/NC(=O)c2cc3ccccc3cc2O)cc1COc1ccc(C(=O)OCC(C)C)cc1. The summed E-state index contributed by atoms with van der Waals surface area (Å²) in [7, 11) is 1.57. The lowest BCUT2D eigenvalue weighted by molar-refractivity contribution is 0.0458. The molecule has 8 nitrogen and oxygen atoms in total. The van der Waals surface area contributed by atoms with Crippen LogP contribution < -0.4 is 14.9 Å². The van der Waals surface area contributed by atoms with E-state index >= 15 is 0 Å². The van der Waals surface area contributed by atoms with Crippen molar-refractivity contribution in [3.63, 3.8) is 0 Å². The number of benzene rings is 4. The van der Waals surface area contributed by atoms with Crippen LogP contribution in [0.4, 0.5) is 0 Å². The third kappa shape index (κ3) is 7.13. The van der Waals surface area contributed by atoms with E-state index in [4.69, 9.17) is 14.2 Å². The minimum Gasteiger partial charge on any atom is -0.507 e. The second kappa shape index (κ2) is 12.6. The number of fused-ring (bicyclic) bond motifs is 1. The Hall–Kier alpha value is -4.85. The lowest BCUT2D eigenvalue weighted by atomic mass is 10.1. The molecule has 0 aliphatic heterocycles. The third-order valence-corrected chi connectivity index (χ3v) is 5.82. The first-order valence-corrected chi connectivity index (χ1v) is 12.5. The van der Waals surface area contributed by atoms with Crippen molar-refractivity contribution in [2.45, 2.75) is 20.5 Å². The van der Waals surface area contributed by atoms with Crippen LogP contribution in [0.5, 0.6) is 17.2 Å². The molecule has 0 saturated heterocycles. The Morgan fingerprint density at radius 3 is 2.38 bits per heavy atom. The van der Waals surface area contributed by atoms with E-state index in [0.29, 0.717) is 29.2 Å². The lowest BCUT2D eigenvalue weighted by Crippen LogP contribution is -2.17. The Balaban J connectivity index is 1.39. The minimum absolute atomic E-state index is 0.120. The summed E-state index contributed by atoms with van der Waals surface area (Å²) in [6.45, 7) is 4.53. The van der Waals surface area contributed by atoms with Crippen molar-refractivity contribution in [3.05, 3.63) is 101 Å². The maximum atomic E-state index is 12.6. The van der Waals surface area contributed by atoms with Crippen LogP contribution in [0.3, 0.4) is 0 Å². The Morgan fingerprint density at radius 2 is 1.69 bits per heavy atom. The van der Waals surface area contributed by atoms with E-state index in [1.165, 1.54) is 6.21 Å². The van der Waals surface area contributed by atoms with Crippen LogP contribution in [-0.4, -0.2) is 36.9 Å². The minimum atomic E-state index is -0.525. The Bertz CT molecular complexity index is 1500. The zero-order chi connectivity index (χ0) is 27.8. The second-order valence-corrected chi connectivity index (χ2v) is 9.29. The molecule has 8 heteroatoms. The van der Waals surface area contributed by atoms with Crippen molar-refractivity contribution in [2.24, 2.45) is 11.0 Å². The van der Waals surface area contributed by atoms with Crippen molar-refractivity contribution >= 4 is 28.9 Å². The molecule has 0 spiro atoms. The molecule has 4 aromatic rings. The number of phenolic OH excluding ortho intramolecular Hbond substituents is 1. The monoisotopic (exact) mass is 526 g/mol. The number of aromatic hydroxyl groups is 1. The van der Waals surface area contributed by atoms with Gasteiger partial charge in [-0.05, 0) is 76.9 Å². The van der Waals surface area contributed by atoms with E-state index < -0.39 is 5.91 Å². The highest BCUT2D eigenvalue weighted by atomic mass is 16.5. The number of phenols is 1. The number of hydrogen-bond donors (Lipinski definition) is 2. The van der Waals surface area contributed by atoms with Crippen LogP contribution in [-0.2, 0) is 11.3 Å². The molecule has 0 saturated carbocycles. The quantitative estimate of drug-likeness (QED) is 0.156. The molecule has 0 unspecified atom stereocenters. The summed E-state index contributed by atoms with van der Waals surface area (Å²) in [5.41, 5.74) is 4.52. The van der Waals surface area contributed by atoms with E-state index in [-0.39, 0.29) is 29.8 Å². The van der Waals surface area contributed by atoms with Gasteiger partial charge in [0.05, 0.1) is 31.1 Å². The summed E-state index contributed by atoms with van der Waals surface area (Å²) in [4.78, 5) is 24.7. The van der Waals surface area contributed by atoms with Crippen LogP contribution in [0.15, 0.2) is 84.0 Å². The molecule has 4 rings (SSSR count). The molecule has 0 aromatic heterocycles. The van der Waals surface area contributed by atoms with Crippen molar-refractivity contribution in [1.82, 2.24) is 5.43 Å². The van der Waals surface area contributed by atoms with Gasteiger partial charge in [0.2, 0.25) is 0 Å². The summed E-state index contributed by atoms with van der Waals surface area (Å²) in [5, 5.41) is 16.0. The Labute approximate surface area is 226 Å². The van der Waals surface area contributed by atoms with Crippen molar-refractivity contribution < 1.29 is 28.9 Å². The number of carbonyl (C=O) groups excluding carboxylic acids is 2. The molecule has 0 atom stereocenters. The van der Waals surface area contributed by atoms with Gasteiger partial charge in [0.15, 0.2) is 0 Å². The summed E-state index contributed by atoms with van der Waals surface area (Å²) in [5.74, 6) is 0.465. The van der Waals surface area contributed by atoms with E-state index in [1.807, 2.05) is 44.2 Å². The standard InChI is InChI=1S/C31H30N2O6/c1-20(2)18-39-31(36)22-9-11-26(12-10-22)38-19-25-14-21(8-13-29(25)37-3)17-32-33-30(35)27-15-23-6-4-5-7-24(23)16-28(27)34/h4-17,20,34H,18-19H2,1-3H3,(H,33,35)/b32-17+. The van der Waals surface area contributed by atoms with Gasteiger partial charge in [-0.1, -0.05) is 38.1 Å². The molecule has 200 valence electrons. The smallest absolute Gasteiger partial charge is 0.338 e. The van der Waals surface area contributed by atoms with Gasteiger partial charge >= 0.3 is 5.97 Å². The molecule has 0 fully saturated rings. The summed E-state index contributed by atoms with van der Waals surface area (Å²) in [6.07, 6.45) is 1.50. The van der Waals surface area contributed by atoms with Gasteiger partial charge in [0.25, 0.3) is 5.91 Å². The molecule has 0 aliphatic carbocycles. The number of carbonyl (C=O) groups is 2. The fourth-order valence-corrected chi connectivity index (χ4v) is 3.80. The van der Waals surface area contributed by atoms with Crippen molar-refractivity contribution in [2.75, 3.05) is 13.7 Å². The molecule has 0 aliphatic rings. The first-order valence-electron chi connectivity index (χ1n) is 12.5. The maximum Gasteiger partial charge on any atom is 0.338 e. The molecule has 39 heavy (non-hydrogen) atoms. The first kappa shape index (κ1) is 27.2. The molecule has 0 bridgehead atoms. The van der Waals surface area contributed by atoms with Crippen LogP contribution in [0.25, 0.3) is 10.8 Å². The topological polar surface area (TPSA) is 106 Å². The van der Waals surface area contributed by atoms with Gasteiger partial charge in [-0.25, -0.2) is 10.2 Å². The number of nitrogens with one attached hydrogen (secondary N) is 1. The maximum absolute atomic E-state index is 12.6. The number of esters is 1. The number of nitrogens with zero attached hydrogens (tertiary/aromatic N) is 1. The van der Waals surface area contributed by atoms with Crippen LogP contribution >= 0.6 is 0 Å². The number of ether oxygens (including phenoxy) is 3. The molecule has 1 amide bonds. The fraction of sp³-hybridized carbons (Fsp3) is 0.194. The first-order chi connectivity index (χ1) is 18.8. The normalized spacial score (nSPS) is 11.1. The molecule has 4 aromatic carbocycles. The molecular formula is C31H30N2O6. The van der Waals surface area contributed by atoms with Crippen LogP contribution in [0, 0.1) is 5.92 Å². The van der Waals surface area contributed by atoms with Crippen molar-refractivity contribution in [1.29, 1.82) is 0 Å². The summed E-state index contributed by atoms with van der Waals surface area (Å²) < 4.78 is 16.6. The zero-order valence-electron chi connectivity index (χ0n) is 22.0. The predicted molar refractivity (Wildman–Crippen MR) is 150 cm³/mol. The molecule has 2 N–H and O–H groups in total. The fourth-order valence-electron chi connectivity index (χ4n) is 3.80.